The number of rotatable bonds is 6. The van der Waals surface area contributed by atoms with Gasteiger partial charge in [0.2, 0.25) is 0 Å². The molecule has 2 atom stereocenters. The van der Waals surface area contributed by atoms with Crippen LogP contribution >= 0.6 is 11.3 Å². The van der Waals surface area contributed by atoms with E-state index in [1.165, 1.54) is 11.3 Å². The zero-order chi connectivity index (χ0) is 13.5. The maximum atomic E-state index is 11.6. The lowest BCUT2D eigenvalue weighted by molar-refractivity contribution is -0.140. The molecule has 0 fully saturated rings. The van der Waals surface area contributed by atoms with Gasteiger partial charge in [-0.25, -0.2) is 9.59 Å². The second kappa shape index (κ2) is 6.95. The first-order valence-corrected chi connectivity index (χ1v) is 6.57. The molecule has 1 heterocycles. The van der Waals surface area contributed by atoms with Crippen LogP contribution in [0.15, 0.2) is 11.7 Å². The summed E-state index contributed by atoms with van der Waals surface area (Å²) < 4.78 is 0. The number of carbonyl (C=O) groups is 2. The van der Waals surface area contributed by atoms with Crippen LogP contribution in [-0.2, 0) is 11.3 Å². The molecule has 0 spiro atoms. The maximum Gasteiger partial charge on any atom is 0.326 e. The Hall–Kier alpha value is -1.63. The Labute approximate surface area is 109 Å². The van der Waals surface area contributed by atoms with Crippen molar-refractivity contribution in [2.75, 3.05) is 0 Å². The molecule has 1 rings (SSSR count). The molecule has 2 amide bonds. The summed E-state index contributed by atoms with van der Waals surface area (Å²) in [4.78, 5) is 27.4. The van der Waals surface area contributed by atoms with E-state index in [1.807, 2.05) is 6.92 Å². The second-order valence-electron chi connectivity index (χ2n) is 4.00. The smallest absolute Gasteiger partial charge is 0.326 e. The van der Waals surface area contributed by atoms with E-state index in [2.05, 4.69) is 15.6 Å². The normalized spacial score (nSPS) is 13.7. The molecular formula is C11H17N3O3S. The molecule has 0 unspecified atom stereocenters. The van der Waals surface area contributed by atoms with Crippen molar-refractivity contribution in [3.63, 3.8) is 0 Å². The topological polar surface area (TPSA) is 91.3 Å². The van der Waals surface area contributed by atoms with Gasteiger partial charge in [-0.3, -0.25) is 4.98 Å². The fraction of sp³-hybridized carbons (Fsp3) is 0.545. The number of nitrogens with zero attached hydrogens (tertiary/aromatic N) is 1. The average molecular weight is 271 g/mol. The van der Waals surface area contributed by atoms with E-state index in [0.717, 1.165) is 4.88 Å². The number of amides is 2. The van der Waals surface area contributed by atoms with Gasteiger partial charge < -0.3 is 15.7 Å². The van der Waals surface area contributed by atoms with Gasteiger partial charge in [-0.15, -0.1) is 11.3 Å². The Kier molecular flexibility index (Phi) is 5.57. The molecule has 18 heavy (non-hydrogen) atoms. The molecule has 0 aliphatic heterocycles. The number of carboxylic acids is 1. The van der Waals surface area contributed by atoms with Gasteiger partial charge in [0.05, 0.1) is 12.1 Å². The Morgan fingerprint density at radius 2 is 2.28 bits per heavy atom. The van der Waals surface area contributed by atoms with Gasteiger partial charge in [-0.1, -0.05) is 20.3 Å². The quantitative estimate of drug-likeness (QED) is 0.730. The summed E-state index contributed by atoms with van der Waals surface area (Å²) in [7, 11) is 0. The second-order valence-corrected chi connectivity index (χ2v) is 4.97. The molecule has 0 bridgehead atoms. The van der Waals surface area contributed by atoms with E-state index >= 15 is 0 Å². The largest absolute Gasteiger partial charge is 0.480 e. The highest BCUT2D eigenvalue weighted by molar-refractivity contribution is 7.09. The molecule has 100 valence electrons. The Morgan fingerprint density at radius 1 is 1.56 bits per heavy atom. The molecule has 1 aromatic rings. The van der Waals surface area contributed by atoms with Crippen molar-refractivity contribution in [2.45, 2.75) is 32.9 Å². The third-order valence-electron chi connectivity index (χ3n) is 2.67. The molecule has 0 radical (unpaired) electrons. The lowest BCUT2D eigenvalue weighted by atomic mass is 9.99. The van der Waals surface area contributed by atoms with Crippen molar-refractivity contribution < 1.29 is 14.7 Å². The molecule has 6 nitrogen and oxygen atoms in total. The molecule has 1 aromatic heterocycles. The average Bonchev–Trinajstić information content (AvgIpc) is 2.85. The highest BCUT2D eigenvalue weighted by Gasteiger charge is 2.25. The number of urea groups is 1. The molecule has 7 heteroatoms. The van der Waals surface area contributed by atoms with Crippen LogP contribution in [0.4, 0.5) is 4.79 Å². The molecule has 0 aliphatic rings. The Balaban J connectivity index is 2.44. The van der Waals surface area contributed by atoms with Gasteiger partial charge >= 0.3 is 12.0 Å². The first kappa shape index (κ1) is 14.4. The third-order valence-corrected chi connectivity index (χ3v) is 3.45. The van der Waals surface area contributed by atoms with Crippen molar-refractivity contribution in [3.05, 3.63) is 16.6 Å². The molecule has 0 saturated heterocycles. The van der Waals surface area contributed by atoms with Crippen LogP contribution in [0.25, 0.3) is 0 Å². The van der Waals surface area contributed by atoms with Crippen LogP contribution in [0.3, 0.4) is 0 Å². The number of carbonyl (C=O) groups excluding carboxylic acids is 1. The van der Waals surface area contributed by atoms with Crippen LogP contribution < -0.4 is 10.6 Å². The number of hydrogen-bond acceptors (Lipinski definition) is 4. The number of hydrogen-bond donors (Lipinski definition) is 3. The summed E-state index contributed by atoms with van der Waals surface area (Å²) in [6.45, 7) is 4.03. The number of nitrogens with one attached hydrogen (secondary N) is 2. The monoisotopic (exact) mass is 271 g/mol. The summed E-state index contributed by atoms with van der Waals surface area (Å²) in [5.74, 6) is -1.13. The van der Waals surface area contributed by atoms with Crippen LogP contribution in [0.2, 0.25) is 0 Å². The number of carboxylic acid groups (broad SMARTS) is 1. The highest BCUT2D eigenvalue weighted by atomic mass is 32.1. The summed E-state index contributed by atoms with van der Waals surface area (Å²) in [5.41, 5.74) is 1.67. The minimum Gasteiger partial charge on any atom is -0.480 e. The zero-order valence-corrected chi connectivity index (χ0v) is 11.2. The zero-order valence-electron chi connectivity index (χ0n) is 10.3. The van der Waals surface area contributed by atoms with Crippen molar-refractivity contribution in [2.24, 2.45) is 5.92 Å². The van der Waals surface area contributed by atoms with E-state index < -0.39 is 18.0 Å². The molecule has 0 aliphatic carbocycles. The SMILES string of the molecule is CC[C@H](C)[C@H](NC(=O)NCc1cncs1)C(=O)O. The molecule has 0 saturated carbocycles. The van der Waals surface area contributed by atoms with Gasteiger partial charge in [-0.2, -0.15) is 0 Å². The van der Waals surface area contributed by atoms with E-state index in [4.69, 9.17) is 5.11 Å². The Morgan fingerprint density at radius 3 is 2.78 bits per heavy atom. The van der Waals surface area contributed by atoms with Crippen molar-refractivity contribution >= 4 is 23.3 Å². The maximum absolute atomic E-state index is 11.6. The molecule has 0 aromatic carbocycles. The molecule has 3 N–H and O–H groups in total. The first-order chi connectivity index (χ1) is 8.54. The lowest BCUT2D eigenvalue weighted by Gasteiger charge is -2.20. The van der Waals surface area contributed by atoms with Crippen molar-refractivity contribution in [3.8, 4) is 0 Å². The number of aliphatic carboxylic acids is 1. The summed E-state index contributed by atoms with van der Waals surface area (Å²) in [5, 5.41) is 14.1. The summed E-state index contributed by atoms with van der Waals surface area (Å²) in [6, 6.07) is -1.34. The molecular weight excluding hydrogens is 254 g/mol. The summed E-state index contributed by atoms with van der Waals surface area (Å²) in [6.07, 6.45) is 2.35. The minimum atomic E-state index is -1.02. The number of thiazole rings is 1. The van der Waals surface area contributed by atoms with Gasteiger partial charge in [0.25, 0.3) is 0 Å². The standard InChI is InChI=1S/C11H17N3O3S/c1-3-7(2)9(10(15)16)14-11(17)13-5-8-4-12-6-18-8/h4,6-7,9H,3,5H2,1-2H3,(H,15,16)(H2,13,14,17)/t7-,9-/m0/s1. The van der Waals surface area contributed by atoms with E-state index in [-0.39, 0.29) is 5.92 Å². The highest BCUT2D eigenvalue weighted by Crippen LogP contribution is 2.08. The van der Waals surface area contributed by atoms with Crippen LogP contribution in [-0.4, -0.2) is 28.1 Å². The van der Waals surface area contributed by atoms with Crippen LogP contribution in [0.5, 0.6) is 0 Å². The van der Waals surface area contributed by atoms with Gasteiger partial charge in [0, 0.05) is 11.1 Å². The fourth-order valence-corrected chi connectivity index (χ4v) is 1.91. The van der Waals surface area contributed by atoms with E-state index in [1.54, 1.807) is 18.6 Å². The predicted octanol–water partition coefficient (Wildman–Crippen LogP) is 1.44. The summed E-state index contributed by atoms with van der Waals surface area (Å²) >= 11 is 1.43. The predicted molar refractivity (Wildman–Crippen MR) is 68.4 cm³/mol. The third kappa shape index (κ3) is 4.33. The van der Waals surface area contributed by atoms with Crippen LogP contribution in [0.1, 0.15) is 25.1 Å². The lowest BCUT2D eigenvalue weighted by Crippen LogP contribution is -2.48. The Bertz CT molecular complexity index is 394. The van der Waals surface area contributed by atoms with Crippen LogP contribution in [0, 0.1) is 5.92 Å². The minimum absolute atomic E-state index is 0.114. The van der Waals surface area contributed by atoms with E-state index in [9.17, 15) is 9.59 Å². The van der Waals surface area contributed by atoms with E-state index in [0.29, 0.717) is 13.0 Å². The number of aromatic nitrogens is 1. The van der Waals surface area contributed by atoms with Gasteiger partial charge in [-0.05, 0) is 5.92 Å². The first-order valence-electron chi connectivity index (χ1n) is 5.69. The van der Waals surface area contributed by atoms with Gasteiger partial charge in [0.15, 0.2) is 0 Å². The fourth-order valence-electron chi connectivity index (χ4n) is 1.37. The van der Waals surface area contributed by atoms with Crippen molar-refractivity contribution in [1.82, 2.24) is 15.6 Å². The van der Waals surface area contributed by atoms with Crippen molar-refractivity contribution in [1.29, 1.82) is 0 Å². The van der Waals surface area contributed by atoms with Gasteiger partial charge in [0.1, 0.15) is 6.04 Å².